The van der Waals surface area contributed by atoms with Gasteiger partial charge in [-0.05, 0) is 128 Å². The summed E-state index contributed by atoms with van der Waals surface area (Å²) in [5, 5.41) is 107. The van der Waals surface area contributed by atoms with Gasteiger partial charge in [-0.25, -0.2) is 9.78 Å². The Labute approximate surface area is 862 Å². The molecule has 0 radical (unpaired) electrons. The maximum Gasteiger partial charge on any atom is 0.326 e. The lowest BCUT2D eigenvalue weighted by molar-refractivity contribution is -0.142. The number of primary amides is 3. The van der Waals surface area contributed by atoms with E-state index in [1.54, 1.807) is 48.5 Å². The molecule has 0 aliphatic rings. The number of imidazole rings is 1. The number of aliphatic hydroxyl groups excluding tert-OH is 3. The first-order chi connectivity index (χ1) is 69.5. The van der Waals surface area contributed by atoms with E-state index in [4.69, 9.17) is 39.8 Å². The van der Waals surface area contributed by atoms with Crippen molar-refractivity contribution in [1.82, 2.24) is 116 Å². The van der Waals surface area contributed by atoms with Crippen LogP contribution in [0, 0.1) is 40.9 Å². The molecular formula is C91H157N29O29. The third-order valence-electron chi connectivity index (χ3n) is 23.3. The molecule has 58 nitrogen and oxygen atoms in total. The number of nitrogens with zero attached hydrogens (tertiary/aromatic N) is 1. The van der Waals surface area contributed by atoms with Gasteiger partial charge in [-0.1, -0.05) is 95.9 Å². The highest BCUT2D eigenvalue weighted by Gasteiger charge is 2.42. The molecule has 58 heteroatoms. The van der Waals surface area contributed by atoms with Gasteiger partial charge in [0.15, 0.2) is 5.96 Å². The SMILES string of the molecule is CC[C@H](C)[C@H](NC(=O)[C@H](CCCNC(=N)N)NC(=O)[C@H](CCCCN)NC(=O)[C@H](C)NC(=O)[C@H](C)NC(=O)[C@H](CCC(N)=O)NC(=O)[C@H](CO)NC(=O)[C@@H](NC(=O)[C@@H](NC(=O)[C@@H](N)CC(N)=O)[C@@H](C)O)[C@@H](C)CC)C(=O)N[C@@H](CC(C)C)C(=O)N[C@H](C(=O)N[C@H](C(=O)NCC(=O)N[C@H](C(=O)N[C@@H](CC(N)=O)C(=O)NCC(=O)N[C@@H](CCC(=O)O)C(=O)N[C@@H](CC(C)C)C(=O)N[C@@H](Cc1c[nH]cn1)C(=O)O)C(C)C)C(C)C)[C@@H](C)O. The number of carboxylic acids is 2. The van der Waals surface area contributed by atoms with E-state index in [9.17, 15) is 141 Å². The highest BCUT2D eigenvalue weighted by molar-refractivity contribution is 6.03. The lowest BCUT2D eigenvalue weighted by Gasteiger charge is -2.31. The van der Waals surface area contributed by atoms with E-state index in [1.165, 1.54) is 54.1 Å². The molecule has 0 fully saturated rings. The molecule has 1 rings (SSSR count). The summed E-state index contributed by atoms with van der Waals surface area (Å²) in [6, 6.07) is -28.9. The van der Waals surface area contributed by atoms with Gasteiger partial charge in [-0.3, -0.25) is 116 Å². The molecule has 0 aliphatic heterocycles. The molecule has 22 atom stereocenters. The minimum atomic E-state index is -1.88. The van der Waals surface area contributed by atoms with Crippen molar-refractivity contribution in [2.75, 3.05) is 32.8 Å². The molecule has 149 heavy (non-hydrogen) atoms. The van der Waals surface area contributed by atoms with Crippen molar-refractivity contribution < 1.29 is 141 Å². The second-order valence-corrected chi connectivity index (χ2v) is 37.9. The monoisotopic (exact) mass is 2120 g/mol. The lowest BCUT2D eigenvalue weighted by atomic mass is 9.96. The number of aromatic amines is 1. The fraction of sp³-hybridized carbons (Fsp3) is 0.692. The van der Waals surface area contributed by atoms with Crippen LogP contribution >= 0.6 is 0 Å². The summed E-state index contributed by atoms with van der Waals surface area (Å²) in [5.41, 5.74) is 33.3. The van der Waals surface area contributed by atoms with Crippen molar-refractivity contribution in [3.63, 3.8) is 0 Å². The number of carboxylic acid groups (broad SMARTS) is 2. The van der Waals surface area contributed by atoms with Crippen molar-refractivity contribution in [2.45, 2.75) is 334 Å². The second kappa shape index (κ2) is 67.4. The molecule has 0 aromatic carbocycles. The topological polar surface area (TPSA) is 960 Å². The van der Waals surface area contributed by atoms with Crippen molar-refractivity contribution in [3.8, 4) is 0 Å². The number of aromatic nitrogens is 2. The summed E-state index contributed by atoms with van der Waals surface area (Å²) in [6.45, 7) is 20.7. The number of hydrogen-bond acceptors (Lipinski definition) is 31. The molecule has 0 saturated heterocycles. The number of unbranched alkanes of at least 4 members (excludes halogenated alkanes) is 1. The van der Waals surface area contributed by atoms with Gasteiger partial charge in [0.2, 0.25) is 130 Å². The lowest BCUT2D eigenvalue weighted by Crippen LogP contribution is -2.62. The van der Waals surface area contributed by atoms with E-state index in [0.29, 0.717) is 6.42 Å². The van der Waals surface area contributed by atoms with E-state index in [-0.39, 0.29) is 82.5 Å². The summed E-state index contributed by atoms with van der Waals surface area (Å²) in [7, 11) is 0. The molecule has 22 amide bonds. The van der Waals surface area contributed by atoms with E-state index in [2.05, 4.69) is 116 Å². The molecular weight excluding hydrogens is 1960 g/mol. The highest BCUT2D eigenvalue weighted by Crippen LogP contribution is 2.18. The van der Waals surface area contributed by atoms with Crippen LogP contribution < -0.4 is 141 Å². The van der Waals surface area contributed by atoms with Gasteiger partial charge < -0.3 is 171 Å². The molecule has 1 heterocycles. The Morgan fingerprint density at radius 3 is 1.18 bits per heavy atom. The number of rotatable bonds is 72. The number of carbonyl (C=O) groups excluding carboxylic acids is 22. The number of carbonyl (C=O) groups is 24. The average molecular weight is 2120 g/mol. The maximum atomic E-state index is 14.8. The molecule has 0 saturated carbocycles. The largest absolute Gasteiger partial charge is 0.481 e. The molecule has 840 valence electrons. The first-order valence-electron chi connectivity index (χ1n) is 49.0. The third-order valence-corrected chi connectivity index (χ3v) is 23.3. The van der Waals surface area contributed by atoms with E-state index >= 15 is 0 Å². The Bertz CT molecular complexity index is 4710. The molecule has 0 spiro atoms. The Morgan fingerprint density at radius 2 is 0.732 bits per heavy atom. The number of nitrogens with one attached hydrogen (secondary N) is 22. The molecule has 39 N–H and O–H groups in total. The summed E-state index contributed by atoms with van der Waals surface area (Å²) in [4.78, 5) is 331. The smallest absolute Gasteiger partial charge is 0.326 e. The summed E-state index contributed by atoms with van der Waals surface area (Å²) in [6.07, 6.45) is -4.38. The predicted molar refractivity (Wildman–Crippen MR) is 531 cm³/mol. The van der Waals surface area contributed by atoms with Crippen LogP contribution in [-0.2, 0) is 121 Å². The normalized spacial score (nSPS) is 15.7. The predicted octanol–water partition coefficient (Wildman–Crippen LogP) is -11.6. The van der Waals surface area contributed by atoms with Gasteiger partial charge in [0.05, 0.1) is 62.8 Å². The molecule has 0 aliphatic carbocycles. The van der Waals surface area contributed by atoms with Crippen molar-refractivity contribution in [1.29, 1.82) is 5.41 Å². The van der Waals surface area contributed by atoms with Gasteiger partial charge in [0.25, 0.3) is 0 Å². The highest BCUT2D eigenvalue weighted by atomic mass is 16.4. The van der Waals surface area contributed by atoms with Gasteiger partial charge >= 0.3 is 11.9 Å². The van der Waals surface area contributed by atoms with Crippen LogP contribution in [0.4, 0.5) is 0 Å². The van der Waals surface area contributed by atoms with E-state index < -0.39 is 357 Å². The third kappa shape index (κ3) is 50.2. The quantitative estimate of drug-likeness (QED) is 0.0164. The van der Waals surface area contributed by atoms with Crippen LogP contribution in [-0.4, -0.2) is 337 Å². The zero-order valence-corrected chi connectivity index (χ0v) is 87.0. The Kier molecular flexibility index (Phi) is 60.0. The van der Waals surface area contributed by atoms with Gasteiger partial charge in [0, 0.05) is 32.0 Å². The van der Waals surface area contributed by atoms with E-state index in [1.807, 2.05) is 0 Å². The number of aliphatic carboxylic acids is 2. The second-order valence-electron chi connectivity index (χ2n) is 37.9. The number of guanidine groups is 1. The van der Waals surface area contributed by atoms with Crippen LogP contribution in [0.5, 0.6) is 0 Å². The number of nitrogens with two attached hydrogens (primary N) is 6. The Hall–Kier alpha value is -14.4. The van der Waals surface area contributed by atoms with Crippen LogP contribution in [0.3, 0.4) is 0 Å². The maximum absolute atomic E-state index is 14.8. The zero-order chi connectivity index (χ0) is 114. The standard InChI is InChI=1S/C91H157N29O29/c1-17-44(11)69(117-80(138)53(23-21-29-100-91(97)98)108-78(136)52(22-19-20-28-92)107-74(132)47(14)104-73(131)46(13)105-77(135)55(24-26-61(94)124)109-83(141)60(38-121)114-87(145)70(45(12)18-2)118-89(147)71(48(15)122)119-75(133)51(93)33-62(95)125)86(144)111-57(31-41(5)6)82(140)120-72(49(16)123)88(146)116-67(42(7)8)84(142)102-37-65(128)115-68(43(9)10)85(143)112-58(34-63(96)126)76(134)101-36-64(127)106-54(25-27-66(129)130)79(137)110-56(30-40(3)4)81(139)113-59(90(148)149)32-50-35-99-39-103-50/h35,39-49,51-60,67-72,121-123H,17-34,36-38,92-93H2,1-16H3,(H2,94,124)(H2,95,125)(H2,96,126)(H,99,103)(H,101,134)(H,102,142)(H,104,131)(H,105,135)(H,106,127)(H,107,132)(H,108,136)(H,109,141)(H,110,137)(H,111,144)(H,112,143)(H,113,139)(H,114,145)(H,115,128)(H,116,146)(H,117,138)(H,118,147)(H,119,133)(H,120,140)(H,129,130)(H,148,149)(H4,97,98,100)/t44-,45-,46-,47-,48+,49+,51-,52-,53-,54-,55-,56-,57-,58-,59-,60-,67-,68-,69-,70-,71-,72-/m0/s1. The number of amides is 22. The average Bonchev–Trinajstić information content (AvgIpc) is 1.41. The molecule has 1 aromatic heterocycles. The zero-order valence-electron chi connectivity index (χ0n) is 87.0. The summed E-state index contributed by atoms with van der Waals surface area (Å²) >= 11 is 0. The molecule has 0 unspecified atom stereocenters. The minimum Gasteiger partial charge on any atom is -0.481 e. The fourth-order valence-electron chi connectivity index (χ4n) is 14.3. The minimum absolute atomic E-state index is 0.0189. The van der Waals surface area contributed by atoms with Crippen LogP contribution in [0.25, 0.3) is 0 Å². The Morgan fingerprint density at radius 1 is 0.369 bits per heavy atom. The fourth-order valence-corrected chi connectivity index (χ4v) is 14.3. The first-order valence-corrected chi connectivity index (χ1v) is 49.0. The van der Waals surface area contributed by atoms with Gasteiger partial charge in [0.1, 0.15) is 103 Å². The number of hydrogen-bond donors (Lipinski definition) is 33. The Balaban J connectivity index is 3.47. The number of H-pyrrole nitrogens is 1. The van der Waals surface area contributed by atoms with E-state index in [0.717, 1.165) is 20.8 Å². The van der Waals surface area contributed by atoms with Crippen LogP contribution in [0.2, 0.25) is 0 Å². The summed E-state index contributed by atoms with van der Waals surface area (Å²) in [5.74, 6) is -30.3. The van der Waals surface area contributed by atoms with Gasteiger partial charge in [-0.2, -0.15) is 0 Å². The molecule has 1 aromatic rings. The molecule has 0 bridgehead atoms. The number of aliphatic hydroxyl groups is 3. The first kappa shape index (κ1) is 133. The van der Waals surface area contributed by atoms with Crippen molar-refractivity contribution in [2.24, 2.45) is 69.9 Å². The van der Waals surface area contributed by atoms with Gasteiger partial charge in [-0.15, -0.1) is 0 Å². The van der Waals surface area contributed by atoms with Crippen LogP contribution in [0.1, 0.15) is 213 Å². The van der Waals surface area contributed by atoms with Crippen molar-refractivity contribution in [3.05, 3.63) is 18.2 Å². The summed E-state index contributed by atoms with van der Waals surface area (Å²) < 4.78 is 0. The van der Waals surface area contributed by atoms with Crippen LogP contribution in [0.15, 0.2) is 12.5 Å². The van der Waals surface area contributed by atoms with Crippen molar-refractivity contribution >= 4 is 148 Å².